The van der Waals surface area contributed by atoms with Crippen LogP contribution in [-0.2, 0) is 6.54 Å². The van der Waals surface area contributed by atoms with E-state index in [0.717, 1.165) is 0 Å². The molecule has 0 fully saturated rings. The summed E-state index contributed by atoms with van der Waals surface area (Å²) in [5.74, 6) is -0.181. The molecule has 0 atom stereocenters. The van der Waals surface area contributed by atoms with E-state index in [1.807, 2.05) is 6.92 Å². The second-order valence-corrected chi connectivity index (χ2v) is 2.65. The summed E-state index contributed by atoms with van der Waals surface area (Å²) in [4.78, 5) is 11.1. The summed E-state index contributed by atoms with van der Waals surface area (Å²) < 4.78 is 1.55. The van der Waals surface area contributed by atoms with E-state index in [-0.39, 0.29) is 12.3 Å². The first-order chi connectivity index (χ1) is 5.70. The van der Waals surface area contributed by atoms with Gasteiger partial charge in [0.2, 0.25) is 0 Å². The summed E-state index contributed by atoms with van der Waals surface area (Å²) >= 11 is 5.82. The molecule has 0 spiro atoms. The maximum absolute atomic E-state index is 11.1. The molecular weight excluding hydrogens is 178 g/mol. The van der Waals surface area contributed by atoms with E-state index >= 15 is 0 Å². The molecule has 0 unspecified atom stereocenters. The normalized spacial score (nSPS) is 10.2. The Balaban J connectivity index is 3.02. The molecule has 1 aromatic heterocycles. The maximum Gasteiger partial charge on any atom is 0.181 e. The van der Waals surface area contributed by atoms with Gasteiger partial charge in [-0.05, 0) is 6.92 Å². The topological polar surface area (TPSA) is 60.9 Å². The van der Waals surface area contributed by atoms with Gasteiger partial charge in [-0.1, -0.05) is 11.6 Å². The molecule has 0 saturated heterocycles. The van der Waals surface area contributed by atoms with Crippen molar-refractivity contribution in [3.63, 3.8) is 0 Å². The number of carbonyl (C=O) groups is 1. The highest BCUT2D eigenvalue weighted by molar-refractivity contribution is 6.33. The quantitative estimate of drug-likeness (QED) is 0.709. The maximum atomic E-state index is 11.1. The molecule has 0 bridgehead atoms. The summed E-state index contributed by atoms with van der Waals surface area (Å²) in [7, 11) is 0. The molecule has 5 heteroatoms. The number of aryl methyl sites for hydroxylation is 1. The molecule has 66 valence electrons. The standard InChI is InChI=1S/C7H10ClN3O/c1-2-11-7(8)5(4-10-11)6(12)3-9/h4H,2-3,9H2,1H3. The van der Waals surface area contributed by atoms with Gasteiger partial charge in [0.15, 0.2) is 5.78 Å². The van der Waals surface area contributed by atoms with Crippen LogP contribution in [0, 0.1) is 0 Å². The van der Waals surface area contributed by atoms with E-state index < -0.39 is 0 Å². The van der Waals surface area contributed by atoms with E-state index in [9.17, 15) is 4.79 Å². The molecule has 1 aromatic rings. The fourth-order valence-electron chi connectivity index (χ4n) is 0.888. The summed E-state index contributed by atoms with van der Waals surface area (Å²) in [5.41, 5.74) is 5.58. The van der Waals surface area contributed by atoms with Gasteiger partial charge in [0.25, 0.3) is 0 Å². The third kappa shape index (κ3) is 1.49. The average Bonchev–Trinajstić information content (AvgIpc) is 2.45. The predicted molar refractivity (Wildman–Crippen MR) is 46.3 cm³/mol. The molecule has 12 heavy (non-hydrogen) atoms. The second-order valence-electron chi connectivity index (χ2n) is 2.29. The van der Waals surface area contributed by atoms with Crippen LogP contribution in [0.4, 0.5) is 0 Å². The van der Waals surface area contributed by atoms with Crippen LogP contribution in [0.5, 0.6) is 0 Å². The van der Waals surface area contributed by atoms with E-state index in [4.69, 9.17) is 17.3 Å². The van der Waals surface area contributed by atoms with Crippen LogP contribution in [0.15, 0.2) is 6.20 Å². The lowest BCUT2D eigenvalue weighted by atomic mass is 10.2. The van der Waals surface area contributed by atoms with Gasteiger partial charge < -0.3 is 5.73 Å². The van der Waals surface area contributed by atoms with Crippen molar-refractivity contribution in [1.82, 2.24) is 9.78 Å². The lowest BCUT2D eigenvalue weighted by molar-refractivity contribution is 0.100. The first kappa shape index (κ1) is 9.22. The van der Waals surface area contributed by atoms with Crippen molar-refractivity contribution in [2.45, 2.75) is 13.5 Å². The third-order valence-corrected chi connectivity index (χ3v) is 1.96. The summed E-state index contributed by atoms with van der Waals surface area (Å²) in [6, 6.07) is 0. The minimum Gasteiger partial charge on any atom is -0.324 e. The number of nitrogens with two attached hydrogens (primary N) is 1. The van der Waals surface area contributed by atoms with E-state index in [1.54, 1.807) is 4.68 Å². The molecule has 4 nitrogen and oxygen atoms in total. The molecular formula is C7H10ClN3O. The van der Waals surface area contributed by atoms with Gasteiger partial charge in [-0.2, -0.15) is 5.10 Å². The summed E-state index contributed by atoms with van der Waals surface area (Å²) in [5, 5.41) is 4.28. The molecule has 0 amide bonds. The van der Waals surface area contributed by atoms with Gasteiger partial charge in [-0.15, -0.1) is 0 Å². The molecule has 1 heterocycles. The van der Waals surface area contributed by atoms with Gasteiger partial charge in [0.05, 0.1) is 18.3 Å². The highest BCUT2D eigenvalue weighted by Gasteiger charge is 2.12. The SMILES string of the molecule is CCn1ncc(C(=O)CN)c1Cl. The third-order valence-electron chi connectivity index (χ3n) is 1.56. The van der Waals surface area contributed by atoms with Crippen LogP contribution >= 0.6 is 11.6 Å². The molecule has 1 rings (SSSR count). The number of hydrogen-bond acceptors (Lipinski definition) is 3. The zero-order chi connectivity index (χ0) is 9.14. The minimum atomic E-state index is -0.181. The van der Waals surface area contributed by atoms with Gasteiger partial charge in [-0.3, -0.25) is 9.48 Å². The number of aromatic nitrogens is 2. The second kappa shape index (κ2) is 3.69. The highest BCUT2D eigenvalue weighted by atomic mass is 35.5. The van der Waals surface area contributed by atoms with Crippen molar-refractivity contribution in [3.05, 3.63) is 16.9 Å². The van der Waals surface area contributed by atoms with Gasteiger partial charge >= 0.3 is 0 Å². The Morgan fingerprint density at radius 1 is 1.83 bits per heavy atom. The molecule has 0 aliphatic heterocycles. The number of rotatable bonds is 3. The number of Topliss-reactive ketones (excluding diaryl/α,β-unsaturated/α-hetero) is 1. The molecule has 0 aliphatic rings. The first-order valence-electron chi connectivity index (χ1n) is 3.65. The molecule has 0 saturated carbocycles. The number of hydrogen-bond donors (Lipinski definition) is 1. The van der Waals surface area contributed by atoms with E-state index in [1.165, 1.54) is 6.20 Å². The van der Waals surface area contributed by atoms with Crippen molar-refractivity contribution in [3.8, 4) is 0 Å². The Hall–Kier alpha value is -0.870. The van der Waals surface area contributed by atoms with Crippen molar-refractivity contribution >= 4 is 17.4 Å². The molecule has 0 aromatic carbocycles. The average molecular weight is 188 g/mol. The van der Waals surface area contributed by atoms with Gasteiger partial charge in [0.1, 0.15) is 5.15 Å². The van der Waals surface area contributed by atoms with Crippen LogP contribution in [0.25, 0.3) is 0 Å². The fraction of sp³-hybridized carbons (Fsp3) is 0.429. The Morgan fingerprint density at radius 2 is 2.50 bits per heavy atom. The monoisotopic (exact) mass is 187 g/mol. The summed E-state index contributed by atoms with van der Waals surface area (Å²) in [6.07, 6.45) is 1.45. The lowest BCUT2D eigenvalue weighted by Crippen LogP contribution is -2.13. The van der Waals surface area contributed by atoms with Crippen LogP contribution in [0.1, 0.15) is 17.3 Å². The number of ketones is 1. The number of carbonyl (C=O) groups excluding carboxylic acids is 1. The summed E-state index contributed by atoms with van der Waals surface area (Å²) in [6.45, 7) is 2.52. The van der Waals surface area contributed by atoms with Gasteiger partial charge in [-0.25, -0.2) is 0 Å². The van der Waals surface area contributed by atoms with Crippen molar-refractivity contribution in [2.24, 2.45) is 5.73 Å². The molecule has 0 aliphatic carbocycles. The fourth-order valence-corrected chi connectivity index (χ4v) is 1.21. The first-order valence-corrected chi connectivity index (χ1v) is 4.03. The Bertz CT molecular complexity index is 295. The van der Waals surface area contributed by atoms with Crippen LogP contribution < -0.4 is 5.73 Å². The van der Waals surface area contributed by atoms with Crippen LogP contribution in [0.3, 0.4) is 0 Å². The minimum absolute atomic E-state index is 0.0326. The predicted octanol–water partition coefficient (Wildman–Crippen LogP) is 0.698. The van der Waals surface area contributed by atoms with Crippen molar-refractivity contribution < 1.29 is 4.79 Å². The van der Waals surface area contributed by atoms with Crippen LogP contribution in [0.2, 0.25) is 5.15 Å². The Labute approximate surface area is 75.3 Å². The smallest absolute Gasteiger partial charge is 0.181 e. The zero-order valence-corrected chi connectivity index (χ0v) is 7.51. The zero-order valence-electron chi connectivity index (χ0n) is 6.75. The number of halogens is 1. The van der Waals surface area contributed by atoms with Crippen LogP contribution in [-0.4, -0.2) is 22.1 Å². The van der Waals surface area contributed by atoms with Gasteiger partial charge in [0, 0.05) is 6.54 Å². The largest absolute Gasteiger partial charge is 0.324 e. The van der Waals surface area contributed by atoms with Crippen molar-refractivity contribution in [2.75, 3.05) is 6.54 Å². The highest BCUT2D eigenvalue weighted by Crippen LogP contribution is 2.14. The lowest BCUT2D eigenvalue weighted by Gasteiger charge is -1.97. The number of nitrogens with zero attached hydrogens (tertiary/aromatic N) is 2. The van der Waals surface area contributed by atoms with E-state index in [0.29, 0.717) is 17.3 Å². The Kier molecular flexibility index (Phi) is 2.83. The van der Waals surface area contributed by atoms with E-state index in [2.05, 4.69) is 5.10 Å². The van der Waals surface area contributed by atoms with Crippen molar-refractivity contribution in [1.29, 1.82) is 0 Å². The Morgan fingerprint density at radius 3 is 2.92 bits per heavy atom. The molecule has 2 N–H and O–H groups in total. The molecule has 0 radical (unpaired) electrons.